The number of aryl methyl sites for hydroxylation is 1. The predicted octanol–water partition coefficient (Wildman–Crippen LogP) is 1.43. The number of amides is 1. The number of benzene rings is 1. The molecule has 0 radical (unpaired) electrons. The molecule has 0 aliphatic carbocycles. The average molecular weight is 277 g/mol. The summed E-state index contributed by atoms with van der Waals surface area (Å²) in [5, 5.41) is 6.78. The van der Waals surface area contributed by atoms with E-state index in [0.29, 0.717) is 12.1 Å². The Hall–Kier alpha value is -2.37. The molecule has 0 aliphatic heterocycles. The Balaban J connectivity index is 1.91. The Kier molecular flexibility index (Phi) is 4.34. The van der Waals surface area contributed by atoms with Gasteiger partial charge < -0.3 is 10.1 Å². The van der Waals surface area contributed by atoms with Crippen LogP contribution in [-0.4, -0.2) is 22.8 Å². The van der Waals surface area contributed by atoms with Crippen LogP contribution in [0.2, 0.25) is 0 Å². The summed E-state index contributed by atoms with van der Waals surface area (Å²) in [6.07, 6.45) is 1.79. The van der Waals surface area contributed by atoms with Crippen LogP contribution in [0.25, 0.3) is 0 Å². The van der Waals surface area contributed by atoms with E-state index >= 15 is 0 Å². The number of carbonyl (C=O) groups excluding carboxylic acids is 1. The van der Waals surface area contributed by atoms with Crippen LogP contribution in [0, 0.1) is 5.82 Å². The van der Waals surface area contributed by atoms with Gasteiger partial charge in [-0.2, -0.15) is 5.10 Å². The third kappa shape index (κ3) is 3.34. The van der Waals surface area contributed by atoms with E-state index in [2.05, 4.69) is 10.4 Å². The van der Waals surface area contributed by atoms with Gasteiger partial charge in [-0.25, -0.2) is 4.39 Å². The van der Waals surface area contributed by atoms with Gasteiger partial charge in [0.1, 0.15) is 0 Å². The summed E-state index contributed by atoms with van der Waals surface area (Å²) in [5.41, 5.74) is 1.50. The van der Waals surface area contributed by atoms with Gasteiger partial charge in [0.15, 0.2) is 11.6 Å². The van der Waals surface area contributed by atoms with Gasteiger partial charge in [-0.1, -0.05) is 6.07 Å². The number of rotatable bonds is 5. The monoisotopic (exact) mass is 277 g/mol. The predicted molar refractivity (Wildman–Crippen MR) is 71.7 cm³/mol. The number of nitrogens with one attached hydrogen (secondary N) is 1. The number of hydrogen-bond donors (Lipinski definition) is 1. The Morgan fingerprint density at radius 1 is 1.45 bits per heavy atom. The highest BCUT2D eigenvalue weighted by atomic mass is 19.1. The number of hydrogen-bond acceptors (Lipinski definition) is 3. The minimum Gasteiger partial charge on any atom is -0.494 e. The first-order valence-corrected chi connectivity index (χ1v) is 6.16. The standard InChI is InChI=1S/C14H16FN3O2/c1-18-11(5-6-17-18)9-16-14(19)8-10-3-4-13(20-2)12(15)7-10/h3-7H,8-9H2,1-2H3,(H,16,19). The molecule has 2 rings (SSSR count). The largest absolute Gasteiger partial charge is 0.494 e. The van der Waals surface area contributed by atoms with Crippen molar-refractivity contribution >= 4 is 5.91 Å². The normalized spacial score (nSPS) is 10.3. The van der Waals surface area contributed by atoms with E-state index in [0.717, 1.165) is 5.69 Å². The summed E-state index contributed by atoms with van der Waals surface area (Å²) in [7, 11) is 3.21. The minimum absolute atomic E-state index is 0.124. The fraction of sp³-hybridized carbons (Fsp3) is 0.286. The first kappa shape index (κ1) is 14.0. The van der Waals surface area contributed by atoms with E-state index in [1.54, 1.807) is 24.0 Å². The summed E-state index contributed by atoms with van der Waals surface area (Å²) < 4.78 is 20.0. The molecule has 20 heavy (non-hydrogen) atoms. The molecule has 1 N–H and O–H groups in total. The number of methoxy groups -OCH3 is 1. The lowest BCUT2D eigenvalue weighted by molar-refractivity contribution is -0.120. The molecule has 0 saturated heterocycles. The molecule has 0 spiro atoms. The lowest BCUT2D eigenvalue weighted by atomic mass is 10.1. The lowest BCUT2D eigenvalue weighted by Gasteiger charge is -2.07. The Morgan fingerprint density at radius 2 is 2.25 bits per heavy atom. The van der Waals surface area contributed by atoms with Crippen molar-refractivity contribution < 1.29 is 13.9 Å². The molecule has 6 heteroatoms. The zero-order valence-corrected chi connectivity index (χ0v) is 11.4. The summed E-state index contributed by atoms with van der Waals surface area (Å²) in [6, 6.07) is 6.32. The fourth-order valence-corrected chi connectivity index (χ4v) is 1.83. The smallest absolute Gasteiger partial charge is 0.224 e. The second-order valence-corrected chi connectivity index (χ2v) is 4.37. The van der Waals surface area contributed by atoms with E-state index in [1.165, 1.54) is 19.2 Å². The molecule has 0 fully saturated rings. The lowest BCUT2D eigenvalue weighted by Crippen LogP contribution is -2.25. The van der Waals surface area contributed by atoms with Gasteiger partial charge in [0.25, 0.3) is 0 Å². The van der Waals surface area contributed by atoms with E-state index in [-0.39, 0.29) is 18.1 Å². The van der Waals surface area contributed by atoms with Crippen LogP contribution in [-0.2, 0) is 24.8 Å². The maximum absolute atomic E-state index is 13.5. The maximum atomic E-state index is 13.5. The average Bonchev–Trinajstić information content (AvgIpc) is 2.82. The first-order valence-electron chi connectivity index (χ1n) is 6.16. The molecular weight excluding hydrogens is 261 g/mol. The molecule has 1 aromatic carbocycles. The number of carbonyl (C=O) groups is 1. The molecule has 0 bridgehead atoms. The molecular formula is C14H16FN3O2. The highest BCUT2D eigenvalue weighted by Crippen LogP contribution is 2.17. The second kappa shape index (κ2) is 6.18. The fourth-order valence-electron chi connectivity index (χ4n) is 1.83. The molecule has 1 amide bonds. The quantitative estimate of drug-likeness (QED) is 0.899. The first-order chi connectivity index (χ1) is 9.60. The van der Waals surface area contributed by atoms with E-state index in [9.17, 15) is 9.18 Å². The Labute approximate surface area is 116 Å². The van der Waals surface area contributed by atoms with Gasteiger partial charge in [-0.3, -0.25) is 9.48 Å². The Morgan fingerprint density at radius 3 is 2.85 bits per heavy atom. The maximum Gasteiger partial charge on any atom is 0.224 e. The van der Waals surface area contributed by atoms with Crippen molar-refractivity contribution in [3.05, 3.63) is 47.5 Å². The molecule has 0 saturated carbocycles. The van der Waals surface area contributed by atoms with Gasteiger partial charge in [-0.15, -0.1) is 0 Å². The van der Waals surface area contributed by atoms with Crippen LogP contribution in [0.3, 0.4) is 0 Å². The van der Waals surface area contributed by atoms with Crippen LogP contribution in [0.15, 0.2) is 30.5 Å². The zero-order chi connectivity index (χ0) is 14.5. The molecule has 0 unspecified atom stereocenters. The van der Waals surface area contributed by atoms with Gasteiger partial charge in [0.2, 0.25) is 5.91 Å². The van der Waals surface area contributed by atoms with Gasteiger partial charge >= 0.3 is 0 Å². The number of halogens is 1. The van der Waals surface area contributed by atoms with Crippen molar-refractivity contribution in [2.45, 2.75) is 13.0 Å². The molecule has 0 atom stereocenters. The van der Waals surface area contributed by atoms with E-state index in [1.807, 2.05) is 6.07 Å². The van der Waals surface area contributed by atoms with Crippen LogP contribution < -0.4 is 10.1 Å². The van der Waals surface area contributed by atoms with Crippen molar-refractivity contribution in [1.29, 1.82) is 0 Å². The van der Waals surface area contributed by atoms with E-state index < -0.39 is 5.82 Å². The number of aromatic nitrogens is 2. The van der Waals surface area contributed by atoms with Gasteiger partial charge in [0.05, 0.1) is 25.8 Å². The SMILES string of the molecule is COc1ccc(CC(=O)NCc2ccnn2C)cc1F. The second-order valence-electron chi connectivity index (χ2n) is 4.37. The van der Waals surface area contributed by atoms with Crippen molar-refractivity contribution in [1.82, 2.24) is 15.1 Å². The third-order valence-corrected chi connectivity index (χ3v) is 2.97. The number of nitrogens with zero attached hydrogens (tertiary/aromatic N) is 2. The molecule has 106 valence electrons. The topological polar surface area (TPSA) is 56.1 Å². The minimum atomic E-state index is -0.468. The summed E-state index contributed by atoms with van der Waals surface area (Å²) in [4.78, 5) is 11.8. The van der Waals surface area contributed by atoms with Gasteiger partial charge in [0, 0.05) is 13.2 Å². The molecule has 5 nitrogen and oxygen atoms in total. The van der Waals surface area contributed by atoms with Crippen LogP contribution in [0.4, 0.5) is 4.39 Å². The van der Waals surface area contributed by atoms with Crippen LogP contribution >= 0.6 is 0 Å². The molecule has 2 aromatic rings. The van der Waals surface area contributed by atoms with Crippen molar-refractivity contribution in [3.63, 3.8) is 0 Å². The number of ether oxygens (including phenoxy) is 1. The summed E-state index contributed by atoms with van der Waals surface area (Å²) >= 11 is 0. The highest BCUT2D eigenvalue weighted by molar-refractivity contribution is 5.78. The Bertz CT molecular complexity index is 610. The van der Waals surface area contributed by atoms with Crippen molar-refractivity contribution in [2.24, 2.45) is 7.05 Å². The summed E-state index contributed by atoms with van der Waals surface area (Å²) in [6.45, 7) is 0.397. The van der Waals surface area contributed by atoms with Crippen molar-refractivity contribution in [3.8, 4) is 5.75 Å². The van der Waals surface area contributed by atoms with Gasteiger partial charge in [-0.05, 0) is 23.8 Å². The molecule has 1 heterocycles. The molecule has 0 aliphatic rings. The zero-order valence-electron chi connectivity index (χ0n) is 11.4. The van der Waals surface area contributed by atoms with Crippen LogP contribution in [0.1, 0.15) is 11.3 Å². The van der Waals surface area contributed by atoms with E-state index in [4.69, 9.17) is 4.74 Å². The van der Waals surface area contributed by atoms with Crippen LogP contribution in [0.5, 0.6) is 5.75 Å². The molecule has 1 aromatic heterocycles. The highest BCUT2D eigenvalue weighted by Gasteiger charge is 2.08. The third-order valence-electron chi connectivity index (χ3n) is 2.97. The van der Waals surface area contributed by atoms with Crippen molar-refractivity contribution in [2.75, 3.05) is 7.11 Å². The summed E-state index contributed by atoms with van der Waals surface area (Å²) in [5.74, 6) is -0.468.